The third kappa shape index (κ3) is 3.57. The molecule has 0 spiro atoms. The van der Waals surface area contributed by atoms with Crippen molar-refractivity contribution >= 4 is 33.5 Å². The van der Waals surface area contributed by atoms with E-state index in [4.69, 9.17) is 18.6 Å². The molecule has 4 rings (SSSR count). The Morgan fingerprint density at radius 3 is 2.31 bits per heavy atom. The highest BCUT2D eigenvalue weighted by Gasteiger charge is 2.20. The van der Waals surface area contributed by atoms with Crippen LogP contribution < -0.4 is 19.5 Å². The van der Waals surface area contributed by atoms with Gasteiger partial charge >= 0.3 is 0 Å². The van der Waals surface area contributed by atoms with E-state index < -0.39 is 6.10 Å². The molecule has 0 saturated heterocycles. The van der Waals surface area contributed by atoms with Gasteiger partial charge in [-0.2, -0.15) is 0 Å². The first-order chi connectivity index (χ1) is 14.1. The highest BCUT2D eigenvalue weighted by atomic mass is 16.5. The van der Waals surface area contributed by atoms with E-state index in [2.05, 4.69) is 5.32 Å². The minimum Gasteiger partial charge on any atom is -0.495 e. The number of carbonyl (C=O) groups excluding carboxylic acids is 1. The average Bonchev–Trinajstić information content (AvgIpc) is 3.10. The molecule has 1 aromatic heterocycles. The van der Waals surface area contributed by atoms with Gasteiger partial charge in [0.2, 0.25) is 0 Å². The highest BCUT2D eigenvalue weighted by Crippen LogP contribution is 2.36. The number of ether oxygens (including phenoxy) is 3. The van der Waals surface area contributed by atoms with Gasteiger partial charge in [-0.1, -0.05) is 30.3 Å². The monoisotopic (exact) mass is 391 g/mol. The first kappa shape index (κ1) is 18.7. The van der Waals surface area contributed by atoms with E-state index in [9.17, 15) is 4.79 Å². The van der Waals surface area contributed by atoms with Crippen molar-refractivity contribution in [3.8, 4) is 17.2 Å². The quantitative estimate of drug-likeness (QED) is 0.500. The van der Waals surface area contributed by atoms with Gasteiger partial charge in [0.15, 0.2) is 17.6 Å². The first-order valence-corrected chi connectivity index (χ1v) is 9.20. The van der Waals surface area contributed by atoms with Gasteiger partial charge < -0.3 is 23.9 Å². The summed E-state index contributed by atoms with van der Waals surface area (Å²) < 4.78 is 22.4. The number of benzene rings is 3. The fourth-order valence-electron chi connectivity index (χ4n) is 3.21. The van der Waals surface area contributed by atoms with E-state index in [1.54, 1.807) is 39.3 Å². The molecule has 0 radical (unpaired) electrons. The summed E-state index contributed by atoms with van der Waals surface area (Å²) in [6.07, 6.45) is -0.748. The number of nitrogens with one attached hydrogen (secondary N) is 1. The van der Waals surface area contributed by atoms with Crippen molar-refractivity contribution in [1.82, 2.24) is 0 Å². The summed E-state index contributed by atoms with van der Waals surface area (Å²) in [5, 5.41) is 4.78. The van der Waals surface area contributed by atoms with E-state index in [1.807, 2.05) is 42.5 Å². The number of furan rings is 1. The lowest BCUT2D eigenvalue weighted by molar-refractivity contribution is -0.122. The Hall–Kier alpha value is -3.67. The fraction of sp³-hybridized carbons (Fsp3) is 0.174. The van der Waals surface area contributed by atoms with E-state index >= 15 is 0 Å². The molecule has 0 saturated carbocycles. The van der Waals surface area contributed by atoms with Crippen LogP contribution in [0.4, 0.5) is 5.69 Å². The second-order valence-corrected chi connectivity index (χ2v) is 6.55. The lowest BCUT2D eigenvalue weighted by Crippen LogP contribution is -2.30. The normalized spacial score (nSPS) is 12.0. The van der Waals surface area contributed by atoms with Crippen LogP contribution in [0, 0.1) is 0 Å². The zero-order valence-corrected chi connectivity index (χ0v) is 16.4. The second kappa shape index (κ2) is 7.75. The number of fused-ring (bicyclic) bond motifs is 3. The second-order valence-electron chi connectivity index (χ2n) is 6.55. The van der Waals surface area contributed by atoms with E-state index in [-0.39, 0.29) is 5.91 Å². The Morgan fingerprint density at radius 1 is 0.862 bits per heavy atom. The smallest absolute Gasteiger partial charge is 0.265 e. The molecule has 0 aliphatic heterocycles. The van der Waals surface area contributed by atoms with Crippen LogP contribution in [0.25, 0.3) is 21.9 Å². The van der Waals surface area contributed by atoms with Crippen LogP contribution in [0.5, 0.6) is 17.2 Å². The third-order valence-corrected chi connectivity index (χ3v) is 4.70. The molecule has 29 heavy (non-hydrogen) atoms. The molecule has 0 bridgehead atoms. The molecular formula is C23H21NO5. The molecule has 0 aliphatic carbocycles. The number of methoxy groups -OCH3 is 2. The lowest BCUT2D eigenvalue weighted by atomic mass is 10.1. The van der Waals surface area contributed by atoms with Crippen molar-refractivity contribution in [3.05, 3.63) is 60.7 Å². The van der Waals surface area contributed by atoms with Crippen LogP contribution in [0.2, 0.25) is 0 Å². The molecule has 4 aromatic rings. The number of amides is 1. The molecule has 6 heteroatoms. The Labute approximate surface area is 168 Å². The molecule has 0 unspecified atom stereocenters. The van der Waals surface area contributed by atoms with Crippen molar-refractivity contribution in [2.24, 2.45) is 0 Å². The molecule has 1 atom stereocenters. The average molecular weight is 391 g/mol. The fourth-order valence-corrected chi connectivity index (χ4v) is 3.21. The highest BCUT2D eigenvalue weighted by molar-refractivity contribution is 6.08. The predicted octanol–water partition coefficient (Wildman–Crippen LogP) is 5.01. The molecule has 1 amide bonds. The molecule has 0 fully saturated rings. The first-order valence-electron chi connectivity index (χ1n) is 9.20. The summed E-state index contributed by atoms with van der Waals surface area (Å²) in [6.45, 7) is 1.67. The predicted molar refractivity (Wildman–Crippen MR) is 112 cm³/mol. The lowest BCUT2D eigenvalue weighted by Gasteiger charge is -2.17. The Morgan fingerprint density at radius 2 is 1.55 bits per heavy atom. The standard InChI is InChI=1S/C23H21NO5/c1-14(28-20-11-7-6-10-19(20)26-2)23(25)24-17-13-21-16(12-22(17)27-3)15-8-4-5-9-18(15)29-21/h4-14H,1-3H3,(H,24,25)/t14-/m1/s1. The van der Waals surface area contributed by atoms with Crippen LogP contribution in [0.1, 0.15) is 6.92 Å². The molecular weight excluding hydrogens is 370 g/mol. The maximum Gasteiger partial charge on any atom is 0.265 e. The van der Waals surface area contributed by atoms with Gasteiger partial charge in [-0.25, -0.2) is 0 Å². The molecule has 148 valence electrons. The zero-order chi connectivity index (χ0) is 20.4. The van der Waals surface area contributed by atoms with Gasteiger partial charge in [0.25, 0.3) is 5.91 Å². The molecule has 6 nitrogen and oxygen atoms in total. The number of carbonyl (C=O) groups is 1. The maximum absolute atomic E-state index is 12.7. The van der Waals surface area contributed by atoms with Gasteiger partial charge in [0.1, 0.15) is 16.9 Å². The van der Waals surface area contributed by atoms with Crippen molar-refractivity contribution in [1.29, 1.82) is 0 Å². The third-order valence-electron chi connectivity index (χ3n) is 4.70. The van der Waals surface area contributed by atoms with Crippen LogP contribution in [0.3, 0.4) is 0 Å². The molecule has 3 aromatic carbocycles. The van der Waals surface area contributed by atoms with Gasteiger partial charge in [-0.3, -0.25) is 4.79 Å². The number of para-hydroxylation sites is 3. The number of hydrogen-bond acceptors (Lipinski definition) is 5. The molecule has 1 heterocycles. The van der Waals surface area contributed by atoms with Crippen LogP contribution in [-0.4, -0.2) is 26.2 Å². The van der Waals surface area contributed by atoms with Crippen molar-refractivity contribution in [3.63, 3.8) is 0 Å². The van der Waals surface area contributed by atoms with Crippen LogP contribution in [0.15, 0.2) is 65.1 Å². The molecule has 1 N–H and O–H groups in total. The van der Waals surface area contributed by atoms with E-state index in [0.29, 0.717) is 28.5 Å². The largest absolute Gasteiger partial charge is 0.495 e. The summed E-state index contributed by atoms with van der Waals surface area (Å²) in [5.41, 5.74) is 1.96. The van der Waals surface area contributed by atoms with E-state index in [0.717, 1.165) is 16.4 Å². The van der Waals surface area contributed by atoms with Gasteiger partial charge in [0.05, 0.1) is 19.9 Å². The Kier molecular flexibility index (Phi) is 4.99. The minimum atomic E-state index is -0.748. The topological polar surface area (TPSA) is 69.9 Å². The molecule has 0 aliphatic rings. The van der Waals surface area contributed by atoms with Crippen molar-refractivity contribution < 1.29 is 23.4 Å². The van der Waals surface area contributed by atoms with Crippen LogP contribution in [-0.2, 0) is 4.79 Å². The maximum atomic E-state index is 12.7. The zero-order valence-electron chi connectivity index (χ0n) is 16.4. The Bertz CT molecular complexity index is 1180. The summed E-state index contributed by atoms with van der Waals surface area (Å²) >= 11 is 0. The SMILES string of the molecule is COc1cc2c(cc1NC(=O)[C@@H](C)Oc1ccccc1OC)oc1ccccc12. The minimum absolute atomic E-state index is 0.315. The van der Waals surface area contributed by atoms with Gasteiger partial charge in [0, 0.05) is 16.8 Å². The van der Waals surface area contributed by atoms with Gasteiger partial charge in [-0.05, 0) is 31.2 Å². The summed E-state index contributed by atoms with van der Waals surface area (Å²) in [5.74, 6) is 1.29. The van der Waals surface area contributed by atoms with Crippen LogP contribution >= 0.6 is 0 Å². The number of hydrogen-bond donors (Lipinski definition) is 1. The van der Waals surface area contributed by atoms with Gasteiger partial charge in [-0.15, -0.1) is 0 Å². The number of rotatable bonds is 6. The summed E-state index contributed by atoms with van der Waals surface area (Å²) in [7, 11) is 3.12. The summed E-state index contributed by atoms with van der Waals surface area (Å²) in [6, 6.07) is 18.6. The van der Waals surface area contributed by atoms with E-state index in [1.165, 1.54) is 0 Å². The number of anilines is 1. The van der Waals surface area contributed by atoms with Crippen molar-refractivity contribution in [2.45, 2.75) is 13.0 Å². The van der Waals surface area contributed by atoms with Crippen molar-refractivity contribution in [2.75, 3.05) is 19.5 Å². The summed E-state index contributed by atoms with van der Waals surface area (Å²) in [4.78, 5) is 12.7. The Balaban J connectivity index is 1.60.